The Kier molecular flexibility index (Phi) is 5.83. The number of aliphatic hydroxyl groups excluding tert-OH is 1. The molecule has 0 saturated carbocycles. The van der Waals surface area contributed by atoms with Crippen molar-refractivity contribution < 1.29 is 14.3 Å². The molecule has 2 heterocycles. The van der Waals surface area contributed by atoms with Gasteiger partial charge in [-0.15, -0.1) is 0 Å². The second-order valence-corrected chi connectivity index (χ2v) is 6.64. The lowest BCUT2D eigenvalue weighted by atomic mass is 9.96. The molecule has 0 aliphatic carbocycles. The topological polar surface area (TPSA) is 78.6 Å². The van der Waals surface area contributed by atoms with Gasteiger partial charge in [-0.2, -0.15) is 0 Å². The lowest BCUT2D eigenvalue weighted by molar-refractivity contribution is 0.0850. The maximum atomic E-state index is 12.1. The molecule has 1 amide bonds. The van der Waals surface area contributed by atoms with Crippen LogP contribution in [0.1, 0.15) is 40.8 Å². The summed E-state index contributed by atoms with van der Waals surface area (Å²) in [4.78, 5) is 18.3. The predicted molar refractivity (Wildman–Crippen MR) is 94.1 cm³/mol. The van der Waals surface area contributed by atoms with Crippen molar-refractivity contribution in [1.29, 1.82) is 0 Å². The number of carbonyl (C=O) groups is 1. The number of oxazole rings is 1. The number of likely N-dealkylation sites (tertiary alicyclic amines) is 1. The van der Waals surface area contributed by atoms with Crippen LogP contribution in [0.4, 0.5) is 0 Å². The number of aryl methyl sites for hydroxylation is 1. The van der Waals surface area contributed by atoms with Gasteiger partial charge in [0.2, 0.25) is 0 Å². The maximum absolute atomic E-state index is 12.1. The fourth-order valence-electron chi connectivity index (χ4n) is 3.24. The van der Waals surface area contributed by atoms with E-state index >= 15 is 0 Å². The molecular formula is C19H25N3O3. The third-order valence-electron chi connectivity index (χ3n) is 4.83. The van der Waals surface area contributed by atoms with Crippen LogP contribution < -0.4 is 5.32 Å². The molecule has 2 aromatic rings. The van der Waals surface area contributed by atoms with Crippen LogP contribution in [0.5, 0.6) is 0 Å². The second kappa shape index (κ2) is 8.27. The first-order valence-corrected chi connectivity index (χ1v) is 8.77. The van der Waals surface area contributed by atoms with Crippen molar-refractivity contribution >= 4 is 5.91 Å². The monoisotopic (exact) mass is 343 g/mol. The van der Waals surface area contributed by atoms with Gasteiger partial charge in [0.15, 0.2) is 12.1 Å². The Bertz CT molecular complexity index is 678. The number of amides is 1. The summed E-state index contributed by atoms with van der Waals surface area (Å²) in [6, 6.07) is 9.77. The molecule has 6 heteroatoms. The van der Waals surface area contributed by atoms with Crippen molar-refractivity contribution in [2.75, 3.05) is 26.2 Å². The van der Waals surface area contributed by atoms with E-state index in [2.05, 4.69) is 15.2 Å². The summed E-state index contributed by atoms with van der Waals surface area (Å²) in [6.07, 6.45) is 2.87. The molecular weight excluding hydrogens is 318 g/mol. The Morgan fingerprint density at radius 1 is 1.36 bits per heavy atom. The van der Waals surface area contributed by atoms with E-state index in [9.17, 15) is 9.90 Å². The van der Waals surface area contributed by atoms with Crippen LogP contribution in [0.3, 0.4) is 0 Å². The molecule has 0 bridgehead atoms. The van der Waals surface area contributed by atoms with Crippen molar-refractivity contribution in [3.05, 3.63) is 53.7 Å². The number of aromatic nitrogens is 1. The summed E-state index contributed by atoms with van der Waals surface area (Å²) >= 11 is 0. The Morgan fingerprint density at radius 2 is 2.08 bits per heavy atom. The van der Waals surface area contributed by atoms with E-state index in [1.807, 2.05) is 30.3 Å². The highest BCUT2D eigenvalue weighted by atomic mass is 16.3. The zero-order valence-corrected chi connectivity index (χ0v) is 14.5. The molecule has 134 valence electrons. The van der Waals surface area contributed by atoms with Gasteiger partial charge in [0.25, 0.3) is 5.91 Å². The zero-order chi connectivity index (χ0) is 17.6. The third-order valence-corrected chi connectivity index (χ3v) is 4.83. The summed E-state index contributed by atoms with van der Waals surface area (Å²) in [5.74, 6) is 0.830. The SMILES string of the molecule is Cc1ocnc1C(=O)NCC1CCN(C[C@H](O)c2ccccc2)CC1. The number of hydrogen-bond donors (Lipinski definition) is 2. The molecule has 0 radical (unpaired) electrons. The van der Waals surface area contributed by atoms with Crippen molar-refractivity contribution in [3.63, 3.8) is 0 Å². The number of benzene rings is 1. The number of piperidine rings is 1. The second-order valence-electron chi connectivity index (χ2n) is 6.64. The Labute approximate surface area is 147 Å². The van der Waals surface area contributed by atoms with Gasteiger partial charge in [-0.3, -0.25) is 4.79 Å². The smallest absolute Gasteiger partial charge is 0.273 e. The first-order chi connectivity index (χ1) is 12.1. The van der Waals surface area contributed by atoms with Crippen molar-refractivity contribution in [2.24, 2.45) is 5.92 Å². The summed E-state index contributed by atoms with van der Waals surface area (Å²) in [7, 11) is 0. The van der Waals surface area contributed by atoms with Crippen LogP contribution in [-0.4, -0.2) is 47.1 Å². The molecule has 1 fully saturated rings. The minimum atomic E-state index is -0.451. The Morgan fingerprint density at radius 3 is 2.72 bits per heavy atom. The van der Waals surface area contributed by atoms with Crippen molar-refractivity contribution in [1.82, 2.24) is 15.2 Å². The van der Waals surface area contributed by atoms with E-state index in [4.69, 9.17) is 4.42 Å². The van der Waals surface area contributed by atoms with Crippen LogP contribution >= 0.6 is 0 Å². The number of hydrogen-bond acceptors (Lipinski definition) is 5. The molecule has 1 saturated heterocycles. The molecule has 0 unspecified atom stereocenters. The summed E-state index contributed by atoms with van der Waals surface area (Å²) < 4.78 is 5.06. The first kappa shape index (κ1) is 17.6. The maximum Gasteiger partial charge on any atom is 0.273 e. The zero-order valence-electron chi connectivity index (χ0n) is 14.5. The standard InChI is InChI=1S/C19H25N3O3/c1-14-18(21-13-25-14)19(24)20-11-15-7-9-22(10-8-15)12-17(23)16-5-3-2-4-6-16/h2-6,13,15,17,23H,7-12H2,1H3,(H,20,24)/t17-/m0/s1. The predicted octanol–water partition coefficient (Wildman–Crippen LogP) is 2.16. The average molecular weight is 343 g/mol. The molecule has 0 spiro atoms. The molecule has 6 nitrogen and oxygen atoms in total. The lowest BCUT2D eigenvalue weighted by Gasteiger charge is -2.33. The van der Waals surface area contributed by atoms with E-state index in [0.29, 0.717) is 30.5 Å². The summed E-state index contributed by atoms with van der Waals surface area (Å²) in [6.45, 7) is 4.92. The molecule has 1 aromatic heterocycles. The molecule has 1 aliphatic rings. The Hall–Kier alpha value is -2.18. The number of aliphatic hydroxyl groups is 1. The van der Waals surface area contributed by atoms with Crippen molar-refractivity contribution in [2.45, 2.75) is 25.9 Å². The highest BCUT2D eigenvalue weighted by molar-refractivity contribution is 5.92. The number of rotatable bonds is 6. The number of carbonyl (C=O) groups excluding carboxylic acids is 1. The minimum Gasteiger partial charge on any atom is -0.448 e. The largest absolute Gasteiger partial charge is 0.448 e. The third kappa shape index (κ3) is 4.67. The molecule has 25 heavy (non-hydrogen) atoms. The number of nitrogens with zero attached hydrogens (tertiary/aromatic N) is 2. The van der Waals surface area contributed by atoms with Crippen LogP contribution in [0, 0.1) is 12.8 Å². The van der Waals surface area contributed by atoms with Crippen LogP contribution in [0.25, 0.3) is 0 Å². The normalized spacial score (nSPS) is 17.4. The van der Waals surface area contributed by atoms with Gasteiger partial charge >= 0.3 is 0 Å². The Balaban J connectivity index is 1.40. The van der Waals surface area contributed by atoms with Gasteiger partial charge in [0.05, 0.1) is 6.10 Å². The fraction of sp³-hybridized carbons (Fsp3) is 0.474. The van der Waals surface area contributed by atoms with E-state index in [-0.39, 0.29) is 5.91 Å². The molecule has 2 N–H and O–H groups in total. The molecule has 3 rings (SSSR count). The van der Waals surface area contributed by atoms with Crippen LogP contribution in [-0.2, 0) is 0 Å². The minimum absolute atomic E-state index is 0.173. The van der Waals surface area contributed by atoms with E-state index in [0.717, 1.165) is 31.5 Å². The van der Waals surface area contributed by atoms with E-state index in [1.165, 1.54) is 6.39 Å². The van der Waals surface area contributed by atoms with Gasteiger partial charge in [-0.1, -0.05) is 30.3 Å². The van der Waals surface area contributed by atoms with Crippen LogP contribution in [0.2, 0.25) is 0 Å². The molecule has 1 aliphatic heterocycles. The van der Waals surface area contributed by atoms with Gasteiger partial charge in [0, 0.05) is 13.1 Å². The van der Waals surface area contributed by atoms with Gasteiger partial charge in [0.1, 0.15) is 5.76 Å². The molecule has 1 aromatic carbocycles. The van der Waals surface area contributed by atoms with E-state index < -0.39 is 6.10 Å². The number of nitrogens with one attached hydrogen (secondary N) is 1. The van der Waals surface area contributed by atoms with E-state index in [1.54, 1.807) is 6.92 Å². The lowest BCUT2D eigenvalue weighted by Crippen LogP contribution is -2.40. The molecule has 1 atom stereocenters. The quantitative estimate of drug-likeness (QED) is 0.840. The van der Waals surface area contributed by atoms with Gasteiger partial charge < -0.3 is 19.7 Å². The highest BCUT2D eigenvalue weighted by Gasteiger charge is 2.22. The van der Waals surface area contributed by atoms with Gasteiger partial charge in [-0.05, 0) is 44.3 Å². The van der Waals surface area contributed by atoms with Crippen molar-refractivity contribution in [3.8, 4) is 0 Å². The summed E-state index contributed by atoms with van der Waals surface area (Å²) in [5.41, 5.74) is 1.32. The first-order valence-electron chi connectivity index (χ1n) is 8.77. The summed E-state index contributed by atoms with van der Waals surface area (Å²) in [5, 5.41) is 13.3. The fourth-order valence-corrected chi connectivity index (χ4v) is 3.24. The van der Waals surface area contributed by atoms with Gasteiger partial charge in [-0.25, -0.2) is 4.98 Å². The number of β-amino-alcohol motifs (C(OH)–C–C–N with tert-alkyl or cyclic N) is 1. The highest BCUT2D eigenvalue weighted by Crippen LogP contribution is 2.20. The average Bonchev–Trinajstić information content (AvgIpc) is 3.07. The van der Waals surface area contributed by atoms with Crippen LogP contribution in [0.15, 0.2) is 41.1 Å².